The molecule has 3 rings (SSSR count). The number of hydrogen-bond donors (Lipinski definition) is 3. The summed E-state index contributed by atoms with van der Waals surface area (Å²) in [7, 11) is 1.46. The highest BCUT2D eigenvalue weighted by molar-refractivity contribution is 6.35. The first kappa shape index (κ1) is 24.6. The maximum atomic E-state index is 13.1. The maximum Gasteiger partial charge on any atom is 0.315 e. The number of amidine groups is 1. The number of hydrogen-bond acceptors (Lipinski definition) is 6. The van der Waals surface area contributed by atoms with E-state index in [-0.39, 0.29) is 12.4 Å². The van der Waals surface area contributed by atoms with Crippen LogP contribution in [0.1, 0.15) is 36.9 Å². The van der Waals surface area contributed by atoms with Gasteiger partial charge in [-0.3, -0.25) is 24.7 Å². The number of aliphatic carboxylic acids is 1. The second-order valence-electron chi connectivity index (χ2n) is 7.82. The van der Waals surface area contributed by atoms with E-state index in [1.54, 1.807) is 48.5 Å². The Bertz CT molecular complexity index is 1070. The quantitative estimate of drug-likeness (QED) is 0.274. The molecule has 2 unspecified atom stereocenters. The molecule has 2 amide bonds. The van der Waals surface area contributed by atoms with Crippen LogP contribution < -0.4 is 15.2 Å². The average Bonchev–Trinajstić information content (AvgIpc) is 2.82. The van der Waals surface area contributed by atoms with Gasteiger partial charge in [0.2, 0.25) is 0 Å². The monoisotopic (exact) mass is 468 g/mol. The lowest BCUT2D eigenvalue weighted by Gasteiger charge is -2.43. The molecule has 0 aliphatic carbocycles. The Morgan fingerprint density at radius 3 is 2.44 bits per heavy atom. The first-order valence-corrected chi connectivity index (χ1v) is 10.8. The molecule has 10 nitrogen and oxygen atoms in total. The predicted octanol–water partition coefficient (Wildman–Crippen LogP) is 1.98. The van der Waals surface area contributed by atoms with Crippen LogP contribution in [0.25, 0.3) is 0 Å². The van der Waals surface area contributed by atoms with Gasteiger partial charge < -0.3 is 25.2 Å². The molecule has 0 radical (unpaired) electrons. The molecule has 2 aromatic rings. The van der Waals surface area contributed by atoms with Gasteiger partial charge in [-0.25, -0.2) is 0 Å². The van der Waals surface area contributed by atoms with E-state index >= 15 is 0 Å². The number of piperazine rings is 1. The van der Waals surface area contributed by atoms with Gasteiger partial charge in [-0.2, -0.15) is 0 Å². The van der Waals surface area contributed by atoms with Gasteiger partial charge in [-0.1, -0.05) is 25.1 Å². The Balaban J connectivity index is 1.97. The molecule has 1 fully saturated rings. The van der Waals surface area contributed by atoms with Gasteiger partial charge in [0.25, 0.3) is 0 Å². The van der Waals surface area contributed by atoms with Crippen molar-refractivity contribution in [1.29, 1.82) is 5.41 Å². The zero-order valence-corrected chi connectivity index (χ0v) is 19.1. The Morgan fingerprint density at radius 2 is 1.85 bits per heavy atom. The molecule has 2 atom stereocenters. The number of amides is 2. The summed E-state index contributed by atoms with van der Waals surface area (Å²) in [5, 5.41) is 17.1. The fourth-order valence-electron chi connectivity index (χ4n) is 3.95. The van der Waals surface area contributed by atoms with Crippen molar-refractivity contribution in [2.75, 3.05) is 20.2 Å². The zero-order valence-electron chi connectivity index (χ0n) is 19.1. The van der Waals surface area contributed by atoms with E-state index in [4.69, 9.17) is 20.6 Å². The van der Waals surface area contributed by atoms with Crippen molar-refractivity contribution in [2.24, 2.45) is 5.73 Å². The van der Waals surface area contributed by atoms with Crippen molar-refractivity contribution in [3.05, 3.63) is 59.7 Å². The van der Waals surface area contributed by atoms with Crippen molar-refractivity contribution >= 4 is 23.6 Å². The van der Waals surface area contributed by atoms with Crippen LogP contribution in [0.5, 0.6) is 11.5 Å². The summed E-state index contributed by atoms with van der Waals surface area (Å²) in [6.45, 7) is 2.15. The van der Waals surface area contributed by atoms with Crippen LogP contribution in [0.2, 0.25) is 0 Å². The van der Waals surface area contributed by atoms with E-state index < -0.39 is 36.5 Å². The fourth-order valence-corrected chi connectivity index (χ4v) is 3.95. The minimum Gasteiger partial charge on any atom is -0.496 e. The third kappa shape index (κ3) is 5.28. The molecular formula is C24H28N4O6. The molecule has 1 aliphatic rings. The zero-order chi connectivity index (χ0) is 24.8. The summed E-state index contributed by atoms with van der Waals surface area (Å²) >= 11 is 0. The largest absolute Gasteiger partial charge is 0.496 e. The number of nitrogens with two attached hydrogens (primary N) is 1. The highest BCUT2D eigenvalue weighted by atomic mass is 16.5. The average molecular weight is 469 g/mol. The molecule has 34 heavy (non-hydrogen) atoms. The number of ether oxygens (including phenoxy) is 2. The summed E-state index contributed by atoms with van der Waals surface area (Å²) in [6, 6.07) is 12.4. The molecule has 0 aromatic heterocycles. The van der Waals surface area contributed by atoms with E-state index in [1.165, 1.54) is 16.9 Å². The molecule has 1 heterocycles. The van der Waals surface area contributed by atoms with Crippen LogP contribution in [-0.2, 0) is 14.4 Å². The minimum absolute atomic E-state index is 0.0327. The summed E-state index contributed by atoms with van der Waals surface area (Å²) in [5.74, 6) is -1.92. The lowest BCUT2D eigenvalue weighted by molar-refractivity contribution is -0.169. The third-order valence-corrected chi connectivity index (χ3v) is 5.55. The molecule has 0 saturated carbocycles. The number of carboxylic acids is 1. The molecule has 0 bridgehead atoms. The Kier molecular flexibility index (Phi) is 7.72. The van der Waals surface area contributed by atoms with Crippen molar-refractivity contribution in [3.8, 4) is 11.5 Å². The van der Waals surface area contributed by atoms with Gasteiger partial charge in [0.15, 0.2) is 6.23 Å². The van der Waals surface area contributed by atoms with Crippen LogP contribution in [0.15, 0.2) is 48.5 Å². The highest BCUT2D eigenvalue weighted by Gasteiger charge is 2.44. The summed E-state index contributed by atoms with van der Waals surface area (Å²) in [6.07, 6.45) is -0.639. The molecular weight excluding hydrogens is 440 g/mol. The Hall–Kier alpha value is -4.08. The number of para-hydroxylation sites is 1. The van der Waals surface area contributed by atoms with E-state index in [1.807, 2.05) is 6.92 Å². The van der Waals surface area contributed by atoms with Crippen LogP contribution in [0.4, 0.5) is 0 Å². The van der Waals surface area contributed by atoms with E-state index in [9.17, 15) is 19.5 Å². The second kappa shape index (κ2) is 10.7. The number of carboxylic acid groups (broad SMARTS) is 1. The second-order valence-corrected chi connectivity index (χ2v) is 7.82. The molecule has 10 heteroatoms. The summed E-state index contributed by atoms with van der Waals surface area (Å²) in [5.41, 5.74) is 6.51. The normalized spacial score (nSPS) is 16.8. The maximum absolute atomic E-state index is 13.1. The lowest BCUT2D eigenvalue weighted by Crippen LogP contribution is -2.62. The van der Waals surface area contributed by atoms with Gasteiger partial charge in [0, 0.05) is 17.7 Å². The Morgan fingerprint density at radius 1 is 1.18 bits per heavy atom. The molecule has 1 saturated heterocycles. The van der Waals surface area contributed by atoms with Crippen LogP contribution >= 0.6 is 0 Å². The van der Waals surface area contributed by atoms with Gasteiger partial charge in [0.05, 0.1) is 26.1 Å². The predicted molar refractivity (Wildman–Crippen MR) is 124 cm³/mol. The number of carbonyl (C=O) groups is 3. The van der Waals surface area contributed by atoms with Crippen molar-refractivity contribution in [3.63, 3.8) is 0 Å². The SMILES string of the molecule is CCCN1C(=O)C(=O)N(C(CC(=O)O)c2ccccc2OC)CC1Oc1ccc(C(=N)N)cc1. The molecule has 4 N–H and O–H groups in total. The third-order valence-electron chi connectivity index (χ3n) is 5.55. The standard InChI is InChI=1S/C24H28N4O6/c1-3-12-27-20(34-16-10-8-15(9-11-16)22(25)26)14-28(24(32)23(27)31)18(13-21(29)30)17-6-4-5-7-19(17)33-2/h4-11,18,20H,3,12-14H2,1-2H3,(H3,25,26)(H,29,30). The number of nitrogens with zero attached hydrogens (tertiary/aromatic N) is 2. The highest BCUT2D eigenvalue weighted by Crippen LogP contribution is 2.34. The molecule has 180 valence electrons. The topological polar surface area (TPSA) is 146 Å². The smallest absolute Gasteiger partial charge is 0.315 e. The van der Waals surface area contributed by atoms with Crippen molar-refractivity contribution in [1.82, 2.24) is 9.80 Å². The first-order valence-electron chi connectivity index (χ1n) is 10.8. The van der Waals surface area contributed by atoms with E-state index in [0.29, 0.717) is 35.6 Å². The number of rotatable bonds is 10. The summed E-state index contributed by atoms with van der Waals surface area (Å²) < 4.78 is 11.5. The summed E-state index contributed by atoms with van der Waals surface area (Å²) in [4.78, 5) is 40.5. The van der Waals surface area contributed by atoms with Crippen LogP contribution in [-0.4, -0.2) is 65.0 Å². The van der Waals surface area contributed by atoms with Crippen molar-refractivity contribution in [2.45, 2.75) is 32.0 Å². The van der Waals surface area contributed by atoms with E-state index in [0.717, 1.165) is 0 Å². The Labute approximate surface area is 197 Å². The van der Waals surface area contributed by atoms with E-state index in [2.05, 4.69) is 0 Å². The lowest BCUT2D eigenvalue weighted by atomic mass is 9.99. The number of nitrogen functional groups attached to an aromatic ring is 1. The minimum atomic E-state index is -1.12. The van der Waals surface area contributed by atoms with Crippen molar-refractivity contribution < 1.29 is 29.0 Å². The van der Waals surface area contributed by atoms with Gasteiger partial charge in [-0.15, -0.1) is 0 Å². The number of methoxy groups -OCH3 is 1. The van der Waals surface area contributed by atoms with Gasteiger partial charge in [0.1, 0.15) is 17.3 Å². The van der Waals surface area contributed by atoms with Crippen LogP contribution in [0.3, 0.4) is 0 Å². The molecule has 0 spiro atoms. The van der Waals surface area contributed by atoms with Gasteiger partial charge in [-0.05, 0) is 36.8 Å². The number of benzene rings is 2. The van der Waals surface area contributed by atoms with Gasteiger partial charge >= 0.3 is 17.8 Å². The molecule has 2 aromatic carbocycles. The molecule has 1 aliphatic heterocycles. The number of carbonyl (C=O) groups excluding carboxylic acids is 2. The number of nitrogens with one attached hydrogen (secondary N) is 1. The first-order chi connectivity index (χ1) is 16.3. The van der Waals surface area contributed by atoms with Crippen LogP contribution in [0, 0.1) is 5.41 Å². The fraction of sp³-hybridized carbons (Fsp3) is 0.333.